The van der Waals surface area contributed by atoms with Gasteiger partial charge in [0.1, 0.15) is 41.7 Å². The Balaban J connectivity index is 2.58. The van der Waals surface area contributed by atoms with E-state index in [0.29, 0.717) is 12.0 Å². The van der Waals surface area contributed by atoms with E-state index in [4.69, 9.17) is 4.74 Å². The first-order chi connectivity index (χ1) is 23.5. The van der Waals surface area contributed by atoms with Gasteiger partial charge in [-0.2, -0.15) is 0 Å². The van der Waals surface area contributed by atoms with Crippen molar-refractivity contribution in [3.8, 4) is 5.75 Å². The molecule has 5 amide bonds. The van der Waals surface area contributed by atoms with Crippen molar-refractivity contribution in [2.45, 2.75) is 125 Å². The van der Waals surface area contributed by atoms with Gasteiger partial charge >= 0.3 is 5.97 Å². The Morgan fingerprint density at radius 2 is 1.52 bits per heavy atom. The van der Waals surface area contributed by atoms with Crippen LogP contribution in [0.1, 0.15) is 93.6 Å². The molecule has 0 spiro atoms. The van der Waals surface area contributed by atoms with Crippen molar-refractivity contribution in [1.82, 2.24) is 26.6 Å². The molecule has 0 unspecified atom stereocenters. The Kier molecular flexibility index (Phi) is 16.4. The normalized spacial score (nSPS) is 24.9. The van der Waals surface area contributed by atoms with Crippen LogP contribution in [0.15, 0.2) is 36.0 Å². The molecule has 0 aliphatic carbocycles. The average Bonchev–Trinajstić information content (AvgIpc) is 3.03. The van der Waals surface area contributed by atoms with Gasteiger partial charge in [-0.3, -0.25) is 24.0 Å². The topological polar surface area (TPSA) is 192 Å². The molecule has 13 nitrogen and oxygen atoms in total. The first kappa shape index (κ1) is 41.7. The molecule has 1 aromatic carbocycles. The zero-order valence-corrected chi connectivity index (χ0v) is 30.9. The maximum absolute atomic E-state index is 13.9. The van der Waals surface area contributed by atoms with E-state index in [9.17, 15) is 33.9 Å². The fraction of sp³-hybridized carbons (Fsp3) is 0.622. The fourth-order valence-corrected chi connectivity index (χ4v) is 5.87. The minimum absolute atomic E-state index is 0.00570. The lowest BCUT2D eigenvalue weighted by atomic mass is 9.93. The van der Waals surface area contributed by atoms with Crippen LogP contribution in [0, 0.1) is 23.7 Å². The van der Waals surface area contributed by atoms with E-state index >= 15 is 0 Å². The van der Waals surface area contributed by atoms with Crippen molar-refractivity contribution >= 4 is 35.5 Å². The Labute approximate surface area is 296 Å². The molecule has 1 saturated heterocycles. The van der Waals surface area contributed by atoms with E-state index in [2.05, 4.69) is 40.4 Å². The van der Waals surface area contributed by atoms with Gasteiger partial charge in [0, 0.05) is 12.3 Å². The monoisotopic (exact) mass is 699 g/mol. The number of ether oxygens (including phenoxy) is 1. The van der Waals surface area contributed by atoms with Gasteiger partial charge in [0.05, 0.1) is 0 Å². The minimum Gasteiger partial charge on any atom is -0.508 e. The molecule has 278 valence electrons. The SMILES string of the molecule is CC=C1NC(=O)[C@@H](Cc2ccc(O)cc2)NC(=O)[C@@H](C(C)C)NC(=O)[C@H](CC(C)C)NC(=O)[C@@H](NC(=O)[C@@H](C)C[C@@H](C)CCC)[C@@H](C)OC1=O. The highest BCUT2D eigenvalue weighted by molar-refractivity contribution is 5.99. The van der Waals surface area contributed by atoms with Crippen molar-refractivity contribution in [2.75, 3.05) is 0 Å². The highest BCUT2D eigenvalue weighted by atomic mass is 16.5. The van der Waals surface area contributed by atoms with Crippen LogP contribution in [0.2, 0.25) is 0 Å². The Bertz CT molecular complexity index is 1380. The molecule has 0 saturated carbocycles. The molecule has 0 aromatic heterocycles. The third kappa shape index (κ3) is 12.8. The molecular formula is C37H57N5O8. The van der Waals surface area contributed by atoms with Crippen molar-refractivity contribution < 1.29 is 38.6 Å². The van der Waals surface area contributed by atoms with Crippen molar-refractivity contribution in [1.29, 1.82) is 0 Å². The summed E-state index contributed by atoms with van der Waals surface area (Å²) in [4.78, 5) is 81.9. The molecule has 1 aromatic rings. The van der Waals surface area contributed by atoms with Gasteiger partial charge in [0.25, 0.3) is 0 Å². The quantitative estimate of drug-likeness (QED) is 0.150. The lowest BCUT2D eigenvalue weighted by Gasteiger charge is -2.31. The molecule has 7 atom stereocenters. The summed E-state index contributed by atoms with van der Waals surface area (Å²) >= 11 is 0. The summed E-state index contributed by atoms with van der Waals surface area (Å²) in [5.74, 6) is -4.78. The predicted molar refractivity (Wildman–Crippen MR) is 189 cm³/mol. The molecule has 2 rings (SSSR count). The van der Waals surface area contributed by atoms with Gasteiger partial charge in [-0.05, 0) is 62.1 Å². The third-order valence-electron chi connectivity index (χ3n) is 8.69. The maximum atomic E-state index is 13.9. The molecule has 6 N–H and O–H groups in total. The van der Waals surface area contributed by atoms with Gasteiger partial charge in [-0.25, -0.2) is 4.79 Å². The van der Waals surface area contributed by atoms with E-state index in [1.54, 1.807) is 32.9 Å². The smallest absolute Gasteiger partial charge is 0.354 e. The van der Waals surface area contributed by atoms with Crippen molar-refractivity contribution in [3.63, 3.8) is 0 Å². The van der Waals surface area contributed by atoms with Crippen molar-refractivity contribution in [2.24, 2.45) is 23.7 Å². The number of nitrogens with one attached hydrogen (secondary N) is 5. The molecule has 0 bridgehead atoms. The second-order valence-electron chi connectivity index (χ2n) is 14.2. The zero-order valence-electron chi connectivity index (χ0n) is 30.9. The predicted octanol–water partition coefficient (Wildman–Crippen LogP) is 3.00. The molecule has 1 aliphatic rings. The standard InChI is InChI=1S/C37H57N5O8/c1-10-12-22(7)18-23(8)32(44)42-31-24(9)50-37(49)27(11-2)38-33(45)29(19-25-13-15-26(43)16-14-25)40-35(47)30(21(5)6)41-34(46)28(17-20(3)4)39-36(31)48/h11,13-16,20-24,28-31,43H,10,12,17-19H2,1-9H3,(H,38,45)(H,39,48)(H,40,47)(H,41,46)(H,42,44)/t22-,23-,24+,28-,29+,30+,31-/m0/s1. The van der Waals surface area contributed by atoms with Crippen LogP contribution < -0.4 is 26.6 Å². The Morgan fingerprint density at radius 1 is 0.900 bits per heavy atom. The number of carbonyl (C=O) groups is 6. The molecule has 13 heteroatoms. The van der Waals surface area contributed by atoms with E-state index in [1.165, 1.54) is 32.1 Å². The van der Waals surface area contributed by atoms with Gasteiger partial charge in [-0.1, -0.05) is 79.5 Å². The number of hydrogen-bond donors (Lipinski definition) is 6. The summed E-state index contributed by atoms with van der Waals surface area (Å²) in [6.45, 7) is 16.1. The first-order valence-corrected chi connectivity index (χ1v) is 17.6. The summed E-state index contributed by atoms with van der Waals surface area (Å²) in [5, 5.41) is 23.2. The Morgan fingerprint density at radius 3 is 2.08 bits per heavy atom. The number of rotatable bonds is 11. The molecule has 1 aliphatic heterocycles. The summed E-state index contributed by atoms with van der Waals surface area (Å²) in [6, 6.07) is 1.31. The summed E-state index contributed by atoms with van der Waals surface area (Å²) in [7, 11) is 0. The van der Waals surface area contributed by atoms with Crippen molar-refractivity contribution in [3.05, 3.63) is 41.6 Å². The van der Waals surface area contributed by atoms with E-state index in [-0.39, 0.29) is 36.1 Å². The first-order valence-electron chi connectivity index (χ1n) is 17.6. The van der Waals surface area contributed by atoms with Crippen LogP contribution in [0.5, 0.6) is 5.75 Å². The van der Waals surface area contributed by atoms with Crippen LogP contribution >= 0.6 is 0 Å². The molecule has 50 heavy (non-hydrogen) atoms. The second-order valence-corrected chi connectivity index (χ2v) is 14.2. The molecular weight excluding hydrogens is 642 g/mol. The number of hydrogen-bond acceptors (Lipinski definition) is 8. The summed E-state index contributed by atoms with van der Waals surface area (Å²) in [5.41, 5.74) is 0.371. The Hall–Kier alpha value is -4.42. The van der Waals surface area contributed by atoms with E-state index in [1.807, 2.05) is 13.8 Å². The van der Waals surface area contributed by atoms with Crippen LogP contribution in [0.25, 0.3) is 0 Å². The highest BCUT2D eigenvalue weighted by Gasteiger charge is 2.37. The molecule has 1 heterocycles. The highest BCUT2D eigenvalue weighted by Crippen LogP contribution is 2.18. The van der Waals surface area contributed by atoms with Crippen LogP contribution in [-0.4, -0.2) is 70.9 Å². The number of phenols is 1. The molecule has 1 fully saturated rings. The lowest BCUT2D eigenvalue weighted by molar-refractivity contribution is -0.150. The largest absolute Gasteiger partial charge is 0.508 e. The summed E-state index contributed by atoms with van der Waals surface area (Å²) in [6.07, 6.45) is 2.80. The minimum atomic E-state index is -1.38. The number of amides is 5. The third-order valence-corrected chi connectivity index (χ3v) is 8.69. The van der Waals surface area contributed by atoms with Gasteiger partial charge < -0.3 is 36.4 Å². The molecule has 0 radical (unpaired) electrons. The summed E-state index contributed by atoms with van der Waals surface area (Å²) < 4.78 is 5.65. The van der Waals surface area contributed by atoms with E-state index < -0.39 is 77.6 Å². The van der Waals surface area contributed by atoms with Gasteiger partial charge in [-0.15, -0.1) is 0 Å². The number of allylic oxidation sites excluding steroid dienone is 1. The average molecular weight is 700 g/mol. The zero-order chi connectivity index (χ0) is 37.7. The van der Waals surface area contributed by atoms with E-state index in [0.717, 1.165) is 12.8 Å². The number of carbonyl (C=O) groups excluding carboxylic acids is 6. The number of cyclic esters (lactones) is 1. The number of benzene rings is 1. The number of esters is 1. The van der Waals surface area contributed by atoms with Crippen LogP contribution in [0.3, 0.4) is 0 Å². The lowest BCUT2D eigenvalue weighted by Crippen LogP contribution is -2.61. The van der Waals surface area contributed by atoms with Gasteiger partial charge in [0.15, 0.2) is 0 Å². The number of phenolic OH excluding ortho intramolecular Hbond substituents is 1. The fourth-order valence-electron chi connectivity index (χ4n) is 5.87. The number of aromatic hydroxyl groups is 1. The second kappa shape index (κ2) is 19.7. The maximum Gasteiger partial charge on any atom is 0.354 e. The van der Waals surface area contributed by atoms with Crippen LogP contribution in [0.4, 0.5) is 0 Å². The van der Waals surface area contributed by atoms with Crippen LogP contribution in [-0.2, 0) is 39.9 Å². The van der Waals surface area contributed by atoms with Gasteiger partial charge in [0.2, 0.25) is 29.5 Å².